The summed E-state index contributed by atoms with van der Waals surface area (Å²) in [4.78, 5) is 28.6. The van der Waals surface area contributed by atoms with Crippen LogP contribution in [0.3, 0.4) is 0 Å². The van der Waals surface area contributed by atoms with E-state index >= 15 is 0 Å². The number of nitrogens with zero attached hydrogens (tertiary/aromatic N) is 3. The third-order valence-corrected chi connectivity index (χ3v) is 3.56. The lowest BCUT2D eigenvalue weighted by molar-refractivity contribution is 0.0679. The highest BCUT2D eigenvalue weighted by Crippen LogP contribution is 2.17. The van der Waals surface area contributed by atoms with Gasteiger partial charge in [0.2, 0.25) is 0 Å². The van der Waals surface area contributed by atoms with Crippen LogP contribution in [0.25, 0.3) is 0 Å². The van der Waals surface area contributed by atoms with E-state index in [1.165, 1.54) is 11.2 Å². The molecule has 1 amide bonds. The molecule has 0 bridgehead atoms. The number of carbonyl (C=O) groups excluding carboxylic acids is 1. The number of benzene rings is 1. The minimum atomic E-state index is -1.09. The normalized spacial score (nSPS) is 13.5. The molecule has 0 saturated carbocycles. The van der Waals surface area contributed by atoms with Crippen LogP contribution in [0.1, 0.15) is 21.7 Å². The van der Waals surface area contributed by atoms with E-state index in [0.717, 1.165) is 5.56 Å². The van der Waals surface area contributed by atoms with Crippen molar-refractivity contribution in [2.24, 2.45) is 0 Å². The Bertz CT molecular complexity index is 696. The molecule has 1 N–H and O–H groups in total. The Balaban J connectivity index is 1.65. The molecular weight excluding hydrogens is 286 g/mol. The lowest BCUT2D eigenvalue weighted by Crippen LogP contribution is -2.38. The fourth-order valence-electron chi connectivity index (χ4n) is 2.40. The number of carboxylic acid groups (broad SMARTS) is 1. The maximum absolute atomic E-state index is 12.1. The summed E-state index contributed by atoms with van der Waals surface area (Å²) in [5, 5.41) is 9.10. The van der Waals surface area contributed by atoms with Crippen molar-refractivity contribution < 1.29 is 19.4 Å². The molecule has 1 aliphatic heterocycles. The number of carboxylic acids is 1. The average molecular weight is 301 g/mol. The Hall–Kier alpha value is -2.83. The van der Waals surface area contributed by atoms with E-state index in [1.807, 2.05) is 30.3 Å². The maximum atomic E-state index is 12.1. The first-order valence-corrected chi connectivity index (χ1v) is 6.88. The van der Waals surface area contributed by atoms with Crippen LogP contribution >= 0.6 is 0 Å². The lowest BCUT2D eigenvalue weighted by Gasteiger charge is -2.27. The molecule has 3 rings (SSSR count). The minimum absolute atomic E-state index is 0.0134. The average Bonchev–Trinajstić information content (AvgIpc) is 2.96. The fourth-order valence-corrected chi connectivity index (χ4v) is 2.40. The summed E-state index contributed by atoms with van der Waals surface area (Å²) < 4.78 is 7.02. The molecule has 0 atom stereocenters. The van der Waals surface area contributed by atoms with Gasteiger partial charge in [-0.25, -0.2) is 14.6 Å². The number of aromatic nitrogens is 2. The van der Waals surface area contributed by atoms with Crippen LogP contribution in [0.4, 0.5) is 4.79 Å². The highest BCUT2D eigenvalue weighted by Gasteiger charge is 2.27. The summed E-state index contributed by atoms with van der Waals surface area (Å²) in [7, 11) is 0. The van der Waals surface area contributed by atoms with Gasteiger partial charge in [0.1, 0.15) is 6.61 Å². The second-order valence-corrected chi connectivity index (χ2v) is 5.00. The van der Waals surface area contributed by atoms with E-state index < -0.39 is 12.1 Å². The molecule has 1 aromatic heterocycles. The van der Waals surface area contributed by atoms with Gasteiger partial charge in [0.05, 0.1) is 18.6 Å². The molecule has 7 nitrogen and oxygen atoms in total. The van der Waals surface area contributed by atoms with Gasteiger partial charge in [-0.1, -0.05) is 30.3 Å². The van der Waals surface area contributed by atoms with Crippen LogP contribution < -0.4 is 0 Å². The van der Waals surface area contributed by atoms with Crippen molar-refractivity contribution in [2.75, 3.05) is 6.54 Å². The highest BCUT2D eigenvalue weighted by atomic mass is 16.6. The monoisotopic (exact) mass is 301 g/mol. The third kappa shape index (κ3) is 2.78. The van der Waals surface area contributed by atoms with Gasteiger partial charge in [-0.15, -0.1) is 0 Å². The van der Waals surface area contributed by atoms with Gasteiger partial charge in [0.25, 0.3) is 0 Å². The summed E-state index contributed by atoms with van der Waals surface area (Å²) >= 11 is 0. The predicted molar refractivity (Wildman–Crippen MR) is 76.2 cm³/mol. The quantitative estimate of drug-likeness (QED) is 0.933. The van der Waals surface area contributed by atoms with E-state index in [1.54, 1.807) is 4.57 Å². The van der Waals surface area contributed by atoms with Crippen LogP contribution in [0.2, 0.25) is 0 Å². The second kappa shape index (κ2) is 5.88. The molecule has 2 aromatic rings. The Labute approximate surface area is 126 Å². The number of imidazole rings is 1. The molecule has 0 fully saturated rings. The first kappa shape index (κ1) is 14.1. The van der Waals surface area contributed by atoms with Gasteiger partial charge >= 0.3 is 12.1 Å². The first-order valence-electron chi connectivity index (χ1n) is 6.88. The summed E-state index contributed by atoms with van der Waals surface area (Å²) in [6, 6.07) is 9.40. The van der Waals surface area contributed by atoms with Crippen LogP contribution in [0, 0.1) is 0 Å². The molecular formula is C15H15N3O4. The largest absolute Gasteiger partial charge is 0.476 e. The van der Waals surface area contributed by atoms with Crippen molar-refractivity contribution in [3.05, 3.63) is 53.6 Å². The van der Waals surface area contributed by atoms with Gasteiger partial charge in [0.15, 0.2) is 5.69 Å². The van der Waals surface area contributed by atoms with Crippen LogP contribution in [-0.4, -0.2) is 38.2 Å². The number of ether oxygens (including phenoxy) is 1. The second-order valence-electron chi connectivity index (χ2n) is 5.00. The van der Waals surface area contributed by atoms with Crippen molar-refractivity contribution in [3.63, 3.8) is 0 Å². The Morgan fingerprint density at radius 3 is 2.73 bits per heavy atom. The van der Waals surface area contributed by atoms with Gasteiger partial charge in [-0.2, -0.15) is 0 Å². The minimum Gasteiger partial charge on any atom is -0.476 e. The van der Waals surface area contributed by atoms with E-state index in [-0.39, 0.29) is 18.8 Å². The number of carbonyl (C=O) groups is 2. The Kier molecular flexibility index (Phi) is 3.78. The molecule has 114 valence electrons. The molecule has 7 heteroatoms. The zero-order chi connectivity index (χ0) is 15.5. The zero-order valence-electron chi connectivity index (χ0n) is 11.8. The number of fused-ring (bicyclic) bond motifs is 1. The topological polar surface area (TPSA) is 84.7 Å². The van der Waals surface area contributed by atoms with Gasteiger partial charge < -0.3 is 19.3 Å². The smallest absolute Gasteiger partial charge is 0.410 e. The number of amides is 1. The van der Waals surface area contributed by atoms with Gasteiger partial charge in [-0.3, -0.25) is 0 Å². The molecule has 2 heterocycles. The van der Waals surface area contributed by atoms with E-state index in [0.29, 0.717) is 18.8 Å². The number of hydrogen-bond acceptors (Lipinski definition) is 4. The molecule has 22 heavy (non-hydrogen) atoms. The predicted octanol–water partition coefficient (Wildman–Crippen LogP) is 1.73. The summed E-state index contributed by atoms with van der Waals surface area (Å²) in [5.74, 6) is -1.09. The summed E-state index contributed by atoms with van der Waals surface area (Å²) in [6.07, 6.45) is 1.04. The molecule has 0 radical (unpaired) electrons. The Morgan fingerprint density at radius 1 is 1.23 bits per heavy atom. The molecule has 1 aliphatic rings. The number of hydrogen-bond donors (Lipinski definition) is 1. The lowest BCUT2D eigenvalue weighted by atomic mass is 10.2. The molecule has 0 spiro atoms. The molecule has 0 saturated heterocycles. The van der Waals surface area contributed by atoms with Crippen molar-refractivity contribution in [1.82, 2.24) is 14.5 Å². The zero-order valence-corrected chi connectivity index (χ0v) is 11.8. The fraction of sp³-hybridized carbons (Fsp3) is 0.267. The van der Waals surface area contributed by atoms with Crippen LogP contribution in [0.15, 0.2) is 36.7 Å². The highest BCUT2D eigenvalue weighted by molar-refractivity contribution is 5.86. The summed E-state index contributed by atoms with van der Waals surface area (Å²) in [6.45, 7) is 1.36. The van der Waals surface area contributed by atoms with Crippen molar-refractivity contribution in [2.45, 2.75) is 19.7 Å². The van der Waals surface area contributed by atoms with E-state index in [4.69, 9.17) is 9.84 Å². The molecule has 0 aliphatic carbocycles. The van der Waals surface area contributed by atoms with Crippen LogP contribution in [-0.2, 0) is 24.4 Å². The van der Waals surface area contributed by atoms with Crippen LogP contribution in [0.5, 0.6) is 0 Å². The van der Waals surface area contributed by atoms with Crippen molar-refractivity contribution >= 4 is 12.1 Å². The standard InChI is InChI=1S/C15H15N3O4/c19-14(20)13-12-8-17(6-7-18(12)10-16-13)15(21)22-9-11-4-2-1-3-5-11/h1-5,10H,6-9H2,(H,19,20). The third-order valence-electron chi connectivity index (χ3n) is 3.56. The van der Waals surface area contributed by atoms with Crippen molar-refractivity contribution in [1.29, 1.82) is 0 Å². The van der Waals surface area contributed by atoms with Gasteiger partial charge in [0, 0.05) is 13.1 Å². The number of aromatic carboxylic acids is 1. The van der Waals surface area contributed by atoms with E-state index in [9.17, 15) is 9.59 Å². The SMILES string of the molecule is O=C(O)c1ncn2c1CN(C(=O)OCc1ccccc1)CC2. The van der Waals surface area contributed by atoms with Gasteiger partial charge in [-0.05, 0) is 5.56 Å². The van der Waals surface area contributed by atoms with Crippen molar-refractivity contribution in [3.8, 4) is 0 Å². The summed E-state index contributed by atoms with van der Waals surface area (Å²) in [5.41, 5.74) is 1.42. The maximum Gasteiger partial charge on any atom is 0.410 e. The molecule has 1 aromatic carbocycles. The molecule has 0 unspecified atom stereocenters. The first-order chi connectivity index (χ1) is 10.6. The number of rotatable bonds is 3. The van der Waals surface area contributed by atoms with E-state index in [2.05, 4.69) is 4.98 Å². The Morgan fingerprint density at radius 2 is 2.00 bits per heavy atom.